The van der Waals surface area contributed by atoms with Gasteiger partial charge in [-0.1, -0.05) is 0 Å². The van der Waals surface area contributed by atoms with Gasteiger partial charge in [0.15, 0.2) is 10.4 Å². The Labute approximate surface area is 115 Å². The first-order valence-corrected chi connectivity index (χ1v) is 6.63. The zero-order valence-electron chi connectivity index (χ0n) is 10.4. The number of carbonyl (C=O) groups excluding carboxylic acids is 1. The first-order chi connectivity index (χ1) is 8.74. The highest BCUT2D eigenvalue weighted by atomic mass is 79.9. The van der Waals surface area contributed by atoms with Gasteiger partial charge in [-0.05, 0) is 40.9 Å². The van der Waals surface area contributed by atoms with Gasteiger partial charge in [0.1, 0.15) is 0 Å². The summed E-state index contributed by atoms with van der Waals surface area (Å²) in [6.07, 6.45) is 1.78. The molecule has 0 aliphatic rings. The SMILES string of the molecule is COCCOCCCCNC(=O)c1ccc(Br)o1. The van der Waals surface area contributed by atoms with E-state index in [-0.39, 0.29) is 5.91 Å². The Morgan fingerprint density at radius 3 is 2.83 bits per heavy atom. The van der Waals surface area contributed by atoms with E-state index in [2.05, 4.69) is 21.2 Å². The van der Waals surface area contributed by atoms with E-state index in [4.69, 9.17) is 13.9 Å². The number of furan rings is 1. The monoisotopic (exact) mass is 319 g/mol. The van der Waals surface area contributed by atoms with Crippen LogP contribution in [-0.4, -0.2) is 39.4 Å². The van der Waals surface area contributed by atoms with Crippen molar-refractivity contribution in [1.82, 2.24) is 5.32 Å². The summed E-state index contributed by atoms with van der Waals surface area (Å²) in [6.45, 7) is 2.53. The molecule has 1 N–H and O–H groups in total. The number of ether oxygens (including phenoxy) is 2. The van der Waals surface area contributed by atoms with E-state index < -0.39 is 0 Å². The second-order valence-corrected chi connectivity index (χ2v) is 4.45. The highest BCUT2D eigenvalue weighted by Gasteiger charge is 2.08. The van der Waals surface area contributed by atoms with Crippen molar-refractivity contribution in [2.45, 2.75) is 12.8 Å². The van der Waals surface area contributed by atoms with Crippen LogP contribution in [0.3, 0.4) is 0 Å². The molecule has 0 fully saturated rings. The largest absolute Gasteiger partial charge is 0.444 e. The zero-order valence-corrected chi connectivity index (χ0v) is 12.0. The first kappa shape index (κ1) is 15.2. The average molecular weight is 320 g/mol. The van der Waals surface area contributed by atoms with Gasteiger partial charge >= 0.3 is 0 Å². The van der Waals surface area contributed by atoms with E-state index in [9.17, 15) is 4.79 Å². The summed E-state index contributed by atoms with van der Waals surface area (Å²) < 4.78 is 15.9. The summed E-state index contributed by atoms with van der Waals surface area (Å²) in [7, 11) is 1.64. The van der Waals surface area contributed by atoms with E-state index in [1.165, 1.54) is 0 Å². The minimum absolute atomic E-state index is 0.194. The Hall–Kier alpha value is -0.850. The van der Waals surface area contributed by atoms with Crippen LogP contribution in [0.15, 0.2) is 21.2 Å². The molecule has 0 bridgehead atoms. The third-order valence-corrected chi connectivity index (χ3v) is 2.66. The van der Waals surface area contributed by atoms with Gasteiger partial charge in [0.25, 0.3) is 5.91 Å². The van der Waals surface area contributed by atoms with Crippen LogP contribution < -0.4 is 5.32 Å². The number of halogens is 1. The van der Waals surface area contributed by atoms with Gasteiger partial charge in [0, 0.05) is 20.3 Å². The Kier molecular flexibility index (Phi) is 7.71. The Bertz CT molecular complexity index is 354. The molecule has 1 aromatic heterocycles. The van der Waals surface area contributed by atoms with Gasteiger partial charge in [-0.15, -0.1) is 0 Å². The highest BCUT2D eigenvalue weighted by molar-refractivity contribution is 9.10. The van der Waals surface area contributed by atoms with Gasteiger partial charge < -0.3 is 19.2 Å². The van der Waals surface area contributed by atoms with Crippen molar-refractivity contribution in [3.8, 4) is 0 Å². The number of carbonyl (C=O) groups is 1. The minimum atomic E-state index is -0.194. The molecule has 0 aromatic carbocycles. The lowest BCUT2D eigenvalue weighted by Crippen LogP contribution is -2.24. The fourth-order valence-corrected chi connectivity index (χ4v) is 1.61. The number of nitrogens with one attached hydrogen (secondary N) is 1. The quantitative estimate of drug-likeness (QED) is 0.709. The van der Waals surface area contributed by atoms with Crippen LogP contribution in [0.25, 0.3) is 0 Å². The molecule has 1 rings (SSSR count). The fourth-order valence-electron chi connectivity index (χ4n) is 1.30. The standard InChI is InChI=1S/C12H18BrNO4/c1-16-8-9-17-7-3-2-6-14-12(15)10-4-5-11(13)18-10/h4-5H,2-3,6-9H2,1H3,(H,14,15). The molecule has 1 aromatic rings. The number of methoxy groups -OCH3 is 1. The molecule has 5 nitrogen and oxygen atoms in total. The van der Waals surface area contributed by atoms with Gasteiger partial charge in [-0.25, -0.2) is 0 Å². The summed E-state index contributed by atoms with van der Waals surface area (Å²) >= 11 is 3.15. The highest BCUT2D eigenvalue weighted by Crippen LogP contribution is 2.13. The maximum Gasteiger partial charge on any atom is 0.287 e. The Morgan fingerprint density at radius 2 is 2.17 bits per heavy atom. The lowest BCUT2D eigenvalue weighted by atomic mass is 10.3. The van der Waals surface area contributed by atoms with Crippen LogP contribution in [0.4, 0.5) is 0 Å². The lowest BCUT2D eigenvalue weighted by Gasteiger charge is -2.04. The maximum absolute atomic E-state index is 11.6. The Morgan fingerprint density at radius 1 is 1.33 bits per heavy atom. The minimum Gasteiger partial charge on any atom is -0.444 e. The average Bonchev–Trinajstić information content (AvgIpc) is 2.79. The number of amides is 1. The normalized spacial score (nSPS) is 10.6. The van der Waals surface area contributed by atoms with E-state index in [1.807, 2.05) is 0 Å². The van der Waals surface area contributed by atoms with Crippen LogP contribution in [0.1, 0.15) is 23.4 Å². The first-order valence-electron chi connectivity index (χ1n) is 5.84. The molecule has 0 spiro atoms. The number of unbranched alkanes of at least 4 members (excludes halogenated alkanes) is 1. The fraction of sp³-hybridized carbons (Fsp3) is 0.583. The van der Waals surface area contributed by atoms with Crippen LogP contribution in [0.5, 0.6) is 0 Å². The summed E-state index contributed by atoms with van der Waals surface area (Å²) in [5.41, 5.74) is 0. The van der Waals surface area contributed by atoms with Crippen LogP contribution in [0.2, 0.25) is 0 Å². The number of rotatable bonds is 9. The molecular weight excluding hydrogens is 302 g/mol. The van der Waals surface area contributed by atoms with Crippen LogP contribution in [-0.2, 0) is 9.47 Å². The van der Waals surface area contributed by atoms with Gasteiger partial charge in [0.2, 0.25) is 0 Å². The number of hydrogen-bond acceptors (Lipinski definition) is 4. The van der Waals surface area contributed by atoms with E-state index in [0.29, 0.717) is 36.8 Å². The van der Waals surface area contributed by atoms with Crippen molar-refractivity contribution in [1.29, 1.82) is 0 Å². The van der Waals surface area contributed by atoms with E-state index in [0.717, 1.165) is 12.8 Å². The van der Waals surface area contributed by atoms with Crippen molar-refractivity contribution in [2.24, 2.45) is 0 Å². The van der Waals surface area contributed by atoms with E-state index >= 15 is 0 Å². The molecule has 0 aliphatic carbocycles. The second kappa shape index (κ2) is 9.13. The molecule has 0 saturated heterocycles. The molecule has 0 unspecified atom stereocenters. The van der Waals surface area contributed by atoms with Gasteiger partial charge in [-0.2, -0.15) is 0 Å². The smallest absolute Gasteiger partial charge is 0.287 e. The third kappa shape index (κ3) is 6.18. The Balaban J connectivity index is 1.99. The maximum atomic E-state index is 11.6. The summed E-state index contributed by atoms with van der Waals surface area (Å²) in [6, 6.07) is 3.33. The summed E-state index contributed by atoms with van der Waals surface area (Å²) in [5.74, 6) is 0.124. The lowest BCUT2D eigenvalue weighted by molar-refractivity contribution is 0.0685. The molecule has 0 saturated carbocycles. The molecule has 1 heterocycles. The molecule has 0 atom stereocenters. The summed E-state index contributed by atoms with van der Waals surface area (Å²) in [5, 5.41) is 2.78. The van der Waals surface area contributed by atoms with E-state index in [1.54, 1.807) is 19.2 Å². The zero-order chi connectivity index (χ0) is 13.2. The van der Waals surface area contributed by atoms with Gasteiger partial charge in [-0.3, -0.25) is 4.79 Å². The molecule has 0 radical (unpaired) electrons. The van der Waals surface area contributed by atoms with Gasteiger partial charge in [0.05, 0.1) is 13.2 Å². The number of hydrogen-bond donors (Lipinski definition) is 1. The molecular formula is C12H18BrNO4. The van der Waals surface area contributed by atoms with Crippen molar-refractivity contribution < 1.29 is 18.7 Å². The molecule has 1 amide bonds. The van der Waals surface area contributed by atoms with Crippen molar-refractivity contribution in [2.75, 3.05) is 33.5 Å². The molecule has 6 heteroatoms. The molecule has 0 aliphatic heterocycles. The second-order valence-electron chi connectivity index (χ2n) is 3.67. The predicted octanol–water partition coefficient (Wildman–Crippen LogP) is 2.22. The molecule has 102 valence electrons. The summed E-state index contributed by atoms with van der Waals surface area (Å²) in [4.78, 5) is 11.6. The van der Waals surface area contributed by atoms with Crippen LogP contribution >= 0.6 is 15.9 Å². The van der Waals surface area contributed by atoms with Crippen molar-refractivity contribution >= 4 is 21.8 Å². The predicted molar refractivity (Wildman–Crippen MR) is 70.7 cm³/mol. The van der Waals surface area contributed by atoms with Crippen molar-refractivity contribution in [3.63, 3.8) is 0 Å². The molecule has 18 heavy (non-hydrogen) atoms. The van der Waals surface area contributed by atoms with Crippen LogP contribution in [0, 0.1) is 0 Å². The van der Waals surface area contributed by atoms with Crippen molar-refractivity contribution in [3.05, 3.63) is 22.6 Å². The third-order valence-electron chi connectivity index (χ3n) is 2.23. The topological polar surface area (TPSA) is 60.7 Å².